The minimum atomic E-state index is -0.623. The van der Waals surface area contributed by atoms with Gasteiger partial charge >= 0.3 is 5.97 Å². The van der Waals surface area contributed by atoms with Gasteiger partial charge in [0.2, 0.25) is 0 Å². The fraction of sp³-hybridized carbons (Fsp3) is 0.333. The van der Waals surface area contributed by atoms with Crippen molar-refractivity contribution in [1.82, 2.24) is 5.32 Å². The molecule has 3 aromatic carbocycles. The molecule has 0 saturated carbocycles. The Balaban J connectivity index is 1.55. The van der Waals surface area contributed by atoms with Crippen molar-refractivity contribution in [2.75, 3.05) is 20.8 Å². The van der Waals surface area contributed by atoms with Crippen LogP contribution in [0, 0.1) is 5.92 Å². The summed E-state index contributed by atoms with van der Waals surface area (Å²) >= 11 is 0. The van der Waals surface area contributed by atoms with Crippen molar-refractivity contribution in [3.8, 4) is 17.2 Å². The van der Waals surface area contributed by atoms with Crippen LogP contribution in [0.3, 0.4) is 0 Å². The van der Waals surface area contributed by atoms with Gasteiger partial charge in [0.05, 0.1) is 32.3 Å². The molecule has 0 unspecified atom stereocenters. The van der Waals surface area contributed by atoms with E-state index < -0.39 is 11.9 Å². The van der Waals surface area contributed by atoms with Crippen molar-refractivity contribution in [3.05, 3.63) is 112 Å². The van der Waals surface area contributed by atoms with Crippen LogP contribution in [0.25, 0.3) is 0 Å². The van der Waals surface area contributed by atoms with E-state index >= 15 is 0 Å². The number of para-hydroxylation sites is 1. The fourth-order valence-corrected chi connectivity index (χ4v) is 5.87. The number of hydrogen-bond donors (Lipinski definition) is 1. The van der Waals surface area contributed by atoms with E-state index in [4.69, 9.17) is 18.9 Å². The Morgan fingerprint density at radius 2 is 1.63 bits per heavy atom. The standard InChI is InChI=1S/C36H39NO6/c1-22(2)20-43-36(39)33-23(3)37-28-17-26(25-15-16-31(40-4)32(19-25)41-5)18-29(38)35(28)34(33)27-13-9-10-14-30(27)42-21-24-11-7-6-8-12-24/h6-16,19,22,26,34,37H,17-18,20-21H2,1-5H3/t26-,34-/m0/s1. The molecule has 43 heavy (non-hydrogen) atoms. The van der Waals surface area contributed by atoms with Crippen LogP contribution in [0.15, 0.2) is 95.3 Å². The molecule has 7 heteroatoms. The molecule has 0 fully saturated rings. The topological polar surface area (TPSA) is 83.1 Å². The van der Waals surface area contributed by atoms with E-state index in [9.17, 15) is 9.59 Å². The minimum absolute atomic E-state index is 0.0157. The Kier molecular flexibility index (Phi) is 9.19. The lowest BCUT2D eigenvalue weighted by Crippen LogP contribution is -2.36. The highest BCUT2D eigenvalue weighted by molar-refractivity contribution is 6.04. The first kappa shape index (κ1) is 30.0. The SMILES string of the molecule is COc1ccc([C@@H]2CC(=O)C3=C(C2)NC(C)=C(C(=O)OCC(C)C)[C@@H]3c2ccccc2OCc2ccccc2)cc1OC. The molecule has 2 aliphatic rings. The molecule has 0 radical (unpaired) electrons. The molecule has 5 rings (SSSR count). The largest absolute Gasteiger partial charge is 0.493 e. The van der Waals surface area contributed by atoms with Crippen molar-refractivity contribution in [2.24, 2.45) is 5.92 Å². The molecule has 3 aromatic rings. The Morgan fingerprint density at radius 3 is 2.35 bits per heavy atom. The maximum absolute atomic E-state index is 14.1. The molecule has 0 bridgehead atoms. The zero-order chi connectivity index (χ0) is 30.5. The van der Waals surface area contributed by atoms with E-state index in [1.807, 2.05) is 93.6 Å². The van der Waals surface area contributed by atoms with Gasteiger partial charge < -0.3 is 24.3 Å². The zero-order valence-corrected chi connectivity index (χ0v) is 25.4. The molecule has 0 spiro atoms. The van der Waals surface area contributed by atoms with Gasteiger partial charge in [0.1, 0.15) is 12.4 Å². The summed E-state index contributed by atoms with van der Waals surface area (Å²) in [5.41, 5.74) is 5.31. The third-order valence-corrected chi connectivity index (χ3v) is 7.94. The number of allylic oxidation sites excluding steroid dienone is 3. The zero-order valence-electron chi connectivity index (χ0n) is 25.4. The predicted molar refractivity (Wildman–Crippen MR) is 165 cm³/mol. The van der Waals surface area contributed by atoms with E-state index in [2.05, 4.69) is 5.32 Å². The first-order valence-corrected chi connectivity index (χ1v) is 14.7. The van der Waals surface area contributed by atoms with Crippen molar-refractivity contribution >= 4 is 11.8 Å². The van der Waals surface area contributed by atoms with Gasteiger partial charge in [-0.15, -0.1) is 0 Å². The van der Waals surface area contributed by atoms with Gasteiger partial charge in [0.25, 0.3) is 0 Å². The lowest BCUT2D eigenvalue weighted by atomic mass is 9.71. The Morgan fingerprint density at radius 1 is 0.907 bits per heavy atom. The van der Waals surface area contributed by atoms with Crippen molar-refractivity contribution in [1.29, 1.82) is 0 Å². The number of hydrogen-bond acceptors (Lipinski definition) is 7. The molecule has 2 atom stereocenters. The third kappa shape index (κ3) is 6.46. The number of ether oxygens (including phenoxy) is 4. The van der Waals surface area contributed by atoms with Gasteiger partial charge in [-0.1, -0.05) is 68.4 Å². The van der Waals surface area contributed by atoms with E-state index in [0.717, 1.165) is 22.4 Å². The Bertz CT molecular complexity index is 1550. The molecule has 1 aliphatic carbocycles. The summed E-state index contributed by atoms with van der Waals surface area (Å²) in [4.78, 5) is 27.8. The normalized spacial score (nSPS) is 18.2. The van der Waals surface area contributed by atoms with Gasteiger partial charge in [0, 0.05) is 29.0 Å². The van der Waals surface area contributed by atoms with Crippen LogP contribution < -0.4 is 19.5 Å². The number of Topliss-reactive ketones (excluding diaryl/α,β-unsaturated/α-hetero) is 1. The smallest absolute Gasteiger partial charge is 0.336 e. The van der Waals surface area contributed by atoms with Crippen LogP contribution in [0.4, 0.5) is 0 Å². The minimum Gasteiger partial charge on any atom is -0.493 e. The molecule has 1 aliphatic heterocycles. The molecule has 0 aromatic heterocycles. The number of benzene rings is 3. The van der Waals surface area contributed by atoms with Gasteiger partial charge in [-0.3, -0.25) is 4.79 Å². The van der Waals surface area contributed by atoms with E-state index in [0.29, 0.717) is 53.5 Å². The first-order chi connectivity index (χ1) is 20.8. The van der Waals surface area contributed by atoms with Crippen LogP contribution in [0.2, 0.25) is 0 Å². The van der Waals surface area contributed by atoms with Crippen LogP contribution in [0.1, 0.15) is 62.1 Å². The molecule has 1 heterocycles. The third-order valence-electron chi connectivity index (χ3n) is 7.94. The Hall–Kier alpha value is -4.52. The van der Waals surface area contributed by atoms with Crippen LogP contribution >= 0.6 is 0 Å². The number of esters is 1. The van der Waals surface area contributed by atoms with Gasteiger partial charge in [-0.2, -0.15) is 0 Å². The maximum Gasteiger partial charge on any atom is 0.336 e. The van der Waals surface area contributed by atoms with Crippen molar-refractivity contribution in [2.45, 2.75) is 52.1 Å². The molecule has 7 nitrogen and oxygen atoms in total. The maximum atomic E-state index is 14.1. The number of nitrogens with one attached hydrogen (secondary N) is 1. The van der Waals surface area contributed by atoms with Gasteiger partial charge in [-0.05, 0) is 54.5 Å². The average Bonchev–Trinajstić information content (AvgIpc) is 3.02. The predicted octanol–water partition coefficient (Wildman–Crippen LogP) is 6.84. The second kappa shape index (κ2) is 13.2. The average molecular weight is 582 g/mol. The summed E-state index contributed by atoms with van der Waals surface area (Å²) in [5, 5.41) is 3.44. The highest BCUT2D eigenvalue weighted by Gasteiger charge is 2.42. The number of dihydropyridines is 1. The summed E-state index contributed by atoms with van der Waals surface area (Å²) in [6.45, 7) is 6.52. The van der Waals surface area contributed by atoms with Crippen molar-refractivity contribution in [3.63, 3.8) is 0 Å². The van der Waals surface area contributed by atoms with Gasteiger partial charge in [0.15, 0.2) is 17.3 Å². The van der Waals surface area contributed by atoms with Gasteiger partial charge in [-0.25, -0.2) is 4.79 Å². The summed E-state index contributed by atoms with van der Waals surface area (Å²) in [6, 6.07) is 23.4. The summed E-state index contributed by atoms with van der Waals surface area (Å²) < 4.78 is 23.0. The van der Waals surface area contributed by atoms with Crippen molar-refractivity contribution < 1.29 is 28.5 Å². The second-order valence-electron chi connectivity index (χ2n) is 11.4. The summed E-state index contributed by atoms with van der Waals surface area (Å²) in [7, 11) is 3.21. The van der Waals surface area contributed by atoms with E-state index in [1.54, 1.807) is 14.2 Å². The number of rotatable bonds is 10. The highest BCUT2D eigenvalue weighted by atomic mass is 16.5. The monoisotopic (exact) mass is 581 g/mol. The second-order valence-corrected chi connectivity index (χ2v) is 11.4. The highest BCUT2D eigenvalue weighted by Crippen LogP contribution is 2.48. The first-order valence-electron chi connectivity index (χ1n) is 14.7. The summed E-state index contributed by atoms with van der Waals surface area (Å²) in [5.74, 6) is 0.933. The number of ketones is 1. The quantitative estimate of drug-likeness (QED) is 0.262. The molecular weight excluding hydrogens is 542 g/mol. The van der Waals surface area contributed by atoms with E-state index in [1.165, 1.54) is 0 Å². The molecule has 0 saturated heterocycles. The number of methoxy groups -OCH3 is 2. The van der Waals surface area contributed by atoms with Crippen LogP contribution in [0.5, 0.6) is 17.2 Å². The Labute approximate surface area is 253 Å². The van der Waals surface area contributed by atoms with E-state index in [-0.39, 0.29) is 24.2 Å². The van der Waals surface area contributed by atoms with Crippen LogP contribution in [-0.4, -0.2) is 32.6 Å². The number of carbonyl (C=O) groups excluding carboxylic acids is 2. The molecule has 0 amide bonds. The molecule has 1 N–H and O–H groups in total. The number of carbonyl (C=O) groups is 2. The van der Waals surface area contributed by atoms with Crippen LogP contribution in [-0.2, 0) is 20.9 Å². The molecular formula is C36H39NO6. The lowest BCUT2D eigenvalue weighted by molar-refractivity contribution is -0.140. The fourth-order valence-electron chi connectivity index (χ4n) is 5.87. The summed E-state index contributed by atoms with van der Waals surface area (Å²) in [6.07, 6.45) is 0.901. The molecule has 224 valence electrons. The lowest BCUT2D eigenvalue weighted by Gasteiger charge is -2.37.